The molecule has 0 saturated carbocycles. The van der Waals surface area contributed by atoms with Crippen molar-refractivity contribution >= 4 is 46.5 Å². The summed E-state index contributed by atoms with van der Waals surface area (Å²) in [4.78, 5) is 35.7. The molecule has 6 nitrogen and oxygen atoms in total. The van der Waals surface area contributed by atoms with Crippen molar-refractivity contribution in [2.75, 3.05) is 27.5 Å². The van der Waals surface area contributed by atoms with Gasteiger partial charge in [0.05, 0.1) is 11.5 Å². The van der Waals surface area contributed by atoms with E-state index in [1.54, 1.807) is 19.1 Å². The highest BCUT2D eigenvalue weighted by Crippen LogP contribution is 2.21. The maximum absolute atomic E-state index is 12.2. The molecule has 0 spiro atoms. The van der Waals surface area contributed by atoms with Crippen LogP contribution in [-0.2, 0) is 14.4 Å². The zero-order valence-electron chi connectivity index (χ0n) is 16.3. The van der Waals surface area contributed by atoms with Crippen molar-refractivity contribution in [3.05, 3.63) is 53.6 Å². The number of nitrogens with one attached hydrogen (secondary N) is 3. The van der Waals surface area contributed by atoms with Crippen LogP contribution in [-0.4, -0.2) is 29.2 Å². The van der Waals surface area contributed by atoms with Gasteiger partial charge in [0.25, 0.3) is 0 Å². The molecule has 0 aromatic heterocycles. The summed E-state index contributed by atoms with van der Waals surface area (Å²) in [5.41, 5.74) is 4.03. The molecular weight excluding hydrogens is 374 g/mol. The number of hydrogen-bond acceptors (Lipinski definition) is 4. The van der Waals surface area contributed by atoms with Gasteiger partial charge in [0, 0.05) is 23.5 Å². The molecular formula is C21H25N3O3S. The normalized spacial score (nSPS) is 10.2. The molecule has 7 heteroatoms. The van der Waals surface area contributed by atoms with E-state index in [-0.39, 0.29) is 29.2 Å². The lowest BCUT2D eigenvalue weighted by atomic mass is 10.1. The lowest BCUT2D eigenvalue weighted by molar-refractivity contribution is -0.116. The summed E-state index contributed by atoms with van der Waals surface area (Å²) >= 11 is 1.24. The molecule has 2 aromatic rings. The van der Waals surface area contributed by atoms with Crippen LogP contribution in [0, 0.1) is 13.8 Å². The molecule has 148 valence electrons. The Morgan fingerprint density at radius 3 is 2.00 bits per heavy atom. The quantitative estimate of drug-likeness (QED) is 0.627. The second-order valence-electron chi connectivity index (χ2n) is 6.39. The van der Waals surface area contributed by atoms with E-state index in [1.165, 1.54) is 11.8 Å². The van der Waals surface area contributed by atoms with Gasteiger partial charge in [-0.2, -0.15) is 0 Å². The third-order valence-corrected chi connectivity index (χ3v) is 4.85. The number of carbonyl (C=O) groups is 3. The van der Waals surface area contributed by atoms with Gasteiger partial charge in [0.15, 0.2) is 0 Å². The topological polar surface area (TPSA) is 87.3 Å². The zero-order valence-corrected chi connectivity index (χ0v) is 17.1. The van der Waals surface area contributed by atoms with Crippen LogP contribution in [0.4, 0.5) is 17.1 Å². The van der Waals surface area contributed by atoms with Crippen molar-refractivity contribution in [3.63, 3.8) is 0 Å². The number of rotatable bonds is 8. The van der Waals surface area contributed by atoms with Crippen LogP contribution in [0.25, 0.3) is 0 Å². The number of hydrogen-bond donors (Lipinski definition) is 3. The highest BCUT2D eigenvalue weighted by atomic mass is 32.2. The fourth-order valence-electron chi connectivity index (χ4n) is 2.34. The van der Waals surface area contributed by atoms with Crippen LogP contribution in [0.3, 0.4) is 0 Å². The van der Waals surface area contributed by atoms with E-state index in [0.29, 0.717) is 17.8 Å². The molecule has 28 heavy (non-hydrogen) atoms. The van der Waals surface area contributed by atoms with Gasteiger partial charge in [-0.3, -0.25) is 14.4 Å². The Bertz CT molecular complexity index is 850. The molecule has 0 heterocycles. The highest BCUT2D eigenvalue weighted by molar-refractivity contribution is 8.00. The molecule has 0 unspecified atom stereocenters. The smallest absolute Gasteiger partial charge is 0.234 e. The average molecular weight is 400 g/mol. The molecule has 3 N–H and O–H groups in total. The number of amides is 3. The first-order valence-corrected chi connectivity index (χ1v) is 10.2. The third kappa shape index (κ3) is 7.08. The number of anilines is 3. The van der Waals surface area contributed by atoms with E-state index < -0.39 is 0 Å². The molecule has 0 atom stereocenters. The maximum atomic E-state index is 12.2. The summed E-state index contributed by atoms with van der Waals surface area (Å²) < 4.78 is 0. The van der Waals surface area contributed by atoms with Gasteiger partial charge in [-0.25, -0.2) is 0 Å². The van der Waals surface area contributed by atoms with Crippen LogP contribution >= 0.6 is 11.8 Å². The summed E-state index contributed by atoms with van der Waals surface area (Å²) in [6.07, 6.45) is 0.386. The number of carbonyl (C=O) groups excluding carboxylic acids is 3. The zero-order chi connectivity index (χ0) is 20.5. The molecule has 2 aromatic carbocycles. The SMILES string of the molecule is CCC(=O)Nc1ccc(C)c(NC(=O)CSCC(=O)Nc2ccc(C)cc2)c1. The van der Waals surface area contributed by atoms with Crippen molar-refractivity contribution < 1.29 is 14.4 Å². The predicted molar refractivity (Wildman–Crippen MR) is 116 cm³/mol. The van der Waals surface area contributed by atoms with Gasteiger partial charge in [0.1, 0.15) is 0 Å². The first-order valence-electron chi connectivity index (χ1n) is 9.02. The monoisotopic (exact) mass is 399 g/mol. The van der Waals surface area contributed by atoms with Gasteiger partial charge in [-0.1, -0.05) is 30.7 Å². The van der Waals surface area contributed by atoms with Crippen LogP contribution in [0.1, 0.15) is 24.5 Å². The second-order valence-corrected chi connectivity index (χ2v) is 7.37. The summed E-state index contributed by atoms with van der Waals surface area (Å²) in [6, 6.07) is 12.9. The standard InChI is InChI=1S/C21H25N3O3S/c1-4-19(25)23-17-10-7-15(3)18(11-17)24-21(27)13-28-12-20(26)22-16-8-5-14(2)6-9-16/h5-11H,4,12-13H2,1-3H3,(H,22,26)(H,23,25)(H,24,27). The van der Waals surface area contributed by atoms with Gasteiger partial charge < -0.3 is 16.0 Å². The molecule has 0 aliphatic carbocycles. The largest absolute Gasteiger partial charge is 0.326 e. The van der Waals surface area contributed by atoms with Crippen LogP contribution in [0.15, 0.2) is 42.5 Å². The Labute approximate surface area is 169 Å². The van der Waals surface area contributed by atoms with Gasteiger partial charge in [-0.05, 0) is 43.7 Å². The molecule has 0 aliphatic rings. The summed E-state index contributed by atoms with van der Waals surface area (Å²) in [7, 11) is 0. The molecule has 0 bridgehead atoms. The molecule has 0 saturated heterocycles. The van der Waals surface area contributed by atoms with Crippen molar-refractivity contribution in [2.24, 2.45) is 0 Å². The Hall–Kier alpha value is -2.80. The number of aryl methyl sites for hydroxylation is 2. The number of benzene rings is 2. The van der Waals surface area contributed by atoms with E-state index in [1.807, 2.05) is 44.2 Å². The van der Waals surface area contributed by atoms with E-state index in [0.717, 1.165) is 16.8 Å². The molecule has 0 aliphatic heterocycles. The predicted octanol–water partition coefficient (Wildman–Crippen LogP) is 3.96. The van der Waals surface area contributed by atoms with Crippen molar-refractivity contribution in [1.82, 2.24) is 0 Å². The van der Waals surface area contributed by atoms with Crippen LogP contribution < -0.4 is 16.0 Å². The fraction of sp³-hybridized carbons (Fsp3) is 0.286. The first-order chi connectivity index (χ1) is 13.4. The van der Waals surface area contributed by atoms with Crippen molar-refractivity contribution in [3.8, 4) is 0 Å². The average Bonchev–Trinajstić information content (AvgIpc) is 2.66. The molecule has 0 fully saturated rings. The maximum Gasteiger partial charge on any atom is 0.234 e. The van der Waals surface area contributed by atoms with Crippen molar-refractivity contribution in [2.45, 2.75) is 27.2 Å². The Balaban J connectivity index is 1.80. The van der Waals surface area contributed by atoms with E-state index in [9.17, 15) is 14.4 Å². The second kappa shape index (κ2) is 10.5. The Morgan fingerprint density at radius 1 is 0.786 bits per heavy atom. The lowest BCUT2D eigenvalue weighted by Crippen LogP contribution is -2.19. The van der Waals surface area contributed by atoms with Crippen LogP contribution in [0.2, 0.25) is 0 Å². The van der Waals surface area contributed by atoms with Gasteiger partial charge >= 0.3 is 0 Å². The Kier molecular flexibility index (Phi) is 8.07. The molecule has 3 amide bonds. The minimum absolute atomic E-state index is 0.0868. The minimum Gasteiger partial charge on any atom is -0.326 e. The number of thioether (sulfide) groups is 1. The van der Waals surface area contributed by atoms with Gasteiger partial charge in [0.2, 0.25) is 17.7 Å². The molecule has 0 radical (unpaired) electrons. The van der Waals surface area contributed by atoms with Crippen molar-refractivity contribution in [1.29, 1.82) is 0 Å². The summed E-state index contributed by atoms with van der Waals surface area (Å²) in [6.45, 7) is 5.64. The molecule has 2 rings (SSSR count). The summed E-state index contributed by atoms with van der Waals surface area (Å²) in [5, 5.41) is 8.40. The van der Waals surface area contributed by atoms with Crippen LogP contribution in [0.5, 0.6) is 0 Å². The van der Waals surface area contributed by atoms with E-state index >= 15 is 0 Å². The fourth-order valence-corrected chi connectivity index (χ4v) is 2.96. The minimum atomic E-state index is -0.199. The van der Waals surface area contributed by atoms with Gasteiger partial charge in [-0.15, -0.1) is 11.8 Å². The highest BCUT2D eigenvalue weighted by Gasteiger charge is 2.09. The Morgan fingerprint density at radius 2 is 1.36 bits per heavy atom. The lowest BCUT2D eigenvalue weighted by Gasteiger charge is -2.11. The third-order valence-electron chi connectivity index (χ3n) is 3.92. The van der Waals surface area contributed by atoms with E-state index in [4.69, 9.17) is 0 Å². The summed E-state index contributed by atoms with van der Waals surface area (Å²) in [5.74, 6) is -0.0901. The van der Waals surface area contributed by atoms with E-state index in [2.05, 4.69) is 16.0 Å². The first kappa shape index (κ1) is 21.5.